The van der Waals surface area contributed by atoms with Crippen LogP contribution in [0.3, 0.4) is 0 Å². The van der Waals surface area contributed by atoms with Crippen molar-refractivity contribution in [1.82, 2.24) is 9.55 Å². The number of aromatic nitrogens is 2. The number of pyridine rings is 2. The Hall–Kier alpha value is -3.25. The molecule has 2 aromatic carbocycles. The second-order valence-corrected chi connectivity index (χ2v) is 7.21. The van der Waals surface area contributed by atoms with Crippen LogP contribution in [0.1, 0.15) is 16.2 Å². The fourth-order valence-corrected chi connectivity index (χ4v) is 3.70. The Bertz CT molecular complexity index is 1240. The van der Waals surface area contributed by atoms with Crippen molar-refractivity contribution >= 4 is 32.7 Å². The fraction of sp³-hybridized carbons (Fsp3) is 0.0455. The molecule has 28 heavy (non-hydrogen) atoms. The van der Waals surface area contributed by atoms with Crippen LogP contribution in [0, 0.1) is 0 Å². The van der Waals surface area contributed by atoms with Crippen LogP contribution in [0.2, 0.25) is 0 Å². The Morgan fingerprint density at radius 1 is 1.00 bits per heavy atom. The van der Waals surface area contributed by atoms with Gasteiger partial charge < -0.3 is 5.11 Å². The van der Waals surface area contributed by atoms with Gasteiger partial charge in [-0.2, -0.15) is 0 Å². The summed E-state index contributed by atoms with van der Waals surface area (Å²) in [5, 5.41) is 11.1. The second kappa shape index (κ2) is 7.40. The average Bonchev–Trinajstić information content (AvgIpc) is 2.71. The first-order valence-electron chi connectivity index (χ1n) is 8.61. The van der Waals surface area contributed by atoms with Crippen molar-refractivity contribution < 1.29 is 9.90 Å². The molecule has 0 spiro atoms. The van der Waals surface area contributed by atoms with Gasteiger partial charge in [0.2, 0.25) is 0 Å². The van der Waals surface area contributed by atoms with E-state index in [1.807, 2.05) is 36.4 Å². The van der Waals surface area contributed by atoms with Crippen molar-refractivity contribution in [3.8, 4) is 11.1 Å². The van der Waals surface area contributed by atoms with Gasteiger partial charge in [0.05, 0.1) is 12.2 Å². The number of fused-ring (bicyclic) bond motifs is 1. The van der Waals surface area contributed by atoms with Crippen molar-refractivity contribution in [3.05, 3.63) is 99.1 Å². The highest BCUT2D eigenvalue weighted by atomic mass is 79.9. The second-order valence-electron chi connectivity index (χ2n) is 6.30. The maximum Gasteiger partial charge on any atom is 0.353 e. The van der Waals surface area contributed by atoms with Gasteiger partial charge in [-0.15, -0.1) is 0 Å². The molecular weight excluding hydrogens is 420 g/mol. The number of halogens is 1. The number of nitrogens with zero attached hydrogens (tertiary/aromatic N) is 2. The van der Waals surface area contributed by atoms with E-state index in [1.54, 1.807) is 36.5 Å². The number of carboxylic acids is 1. The highest BCUT2D eigenvalue weighted by Gasteiger charge is 2.23. The van der Waals surface area contributed by atoms with E-state index in [4.69, 9.17) is 0 Å². The summed E-state index contributed by atoms with van der Waals surface area (Å²) in [6, 6.07) is 19.9. The van der Waals surface area contributed by atoms with E-state index in [-0.39, 0.29) is 17.8 Å². The van der Waals surface area contributed by atoms with Gasteiger partial charge in [0.25, 0.3) is 5.56 Å². The van der Waals surface area contributed by atoms with Crippen molar-refractivity contribution in [2.75, 3.05) is 0 Å². The standard InChI is InChI=1S/C22H15BrN2O3/c23-15-9-10-17-18(12-15)19(14-6-2-1-3-7-14)20(22(27)28)25(21(17)26)13-16-8-4-5-11-24-16/h1-12H,13H2,(H,27,28). The van der Waals surface area contributed by atoms with Crippen LogP contribution in [0.5, 0.6) is 0 Å². The molecule has 0 radical (unpaired) electrons. The molecule has 0 saturated carbocycles. The Kier molecular flexibility index (Phi) is 4.79. The molecule has 0 atom stereocenters. The minimum absolute atomic E-state index is 0.0487. The maximum atomic E-state index is 13.2. The van der Waals surface area contributed by atoms with Crippen LogP contribution in [0.4, 0.5) is 0 Å². The van der Waals surface area contributed by atoms with Crippen LogP contribution in [0.25, 0.3) is 21.9 Å². The first kappa shape index (κ1) is 18.1. The van der Waals surface area contributed by atoms with Crippen LogP contribution in [0.15, 0.2) is 82.2 Å². The Morgan fingerprint density at radius 3 is 2.43 bits per heavy atom. The number of hydrogen-bond donors (Lipinski definition) is 1. The van der Waals surface area contributed by atoms with Gasteiger partial charge in [-0.25, -0.2) is 4.79 Å². The summed E-state index contributed by atoms with van der Waals surface area (Å²) >= 11 is 3.43. The molecule has 2 aromatic heterocycles. The molecule has 0 aliphatic heterocycles. The molecule has 4 aromatic rings. The third-order valence-corrected chi connectivity index (χ3v) is 5.04. The molecule has 2 heterocycles. The number of benzene rings is 2. The van der Waals surface area contributed by atoms with Crippen molar-refractivity contribution in [1.29, 1.82) is 0 Å². The van der Waals surface area contributed by atoms with Crippen LogP contribution >= 0.6 is 15.9 Å². The summed E-state index contributed by atoms with van der Waals surface area (Å²) in [5.41, 5.74) is 1.46. The number of carbonyl (C=O) groups is 1. The minimum Gasteiger partial charge on any atom is -0.477 e. The van der Waals surface area contributed by atoms with E-state index in [1.165, 1.54) is 4.57 Å². The van der Waals surface area contributed by atoms with Gasteiger partial charge in [0, 0.05) is 21.6 Å². The monoisotopic (exact) mass is 434 g/mol. The largest absolute Gasteiger partial charge is 0.477 e. The summed E-state index contributed by atoms with van der Waals surface area (Å²) in [5.74, 6) is -1.16. The number of hydrogen-bond acceptors (Lipinski definition) is 3. The van der Waals surface area contributed by atoms with Gasteiger partial charge in [-0.3, -0.25) is 14.3 Å². The Labute approximate surface area is 169 Å². The third-order valence-electron chi connectivity index (χ3n) is 4.54. The summed E-state index contributed by atoms with van der Waals surface area (Å²) < 4.78 is 2.07. The molecule has 0 aliphatic carbocycles. The zero-order valence-electron chi connectivity index (χ0n) is 14.7. The Balaban J connectivity index is 2.13. The molecule has 1 N–H and O–H groups in total. The highest BCUT2D eigenvalue weighted by molar-refractivity contribution is 9.10. The summed E-state index contributed by atoms with van der Waals surface area (Å²) in [7, 11) is 0. The highest BCUT2D eigenvalue weighted by Crippen LogP contribution is 2.32. The predicted molar refractivity (Wildman–Crippen MR) is 112 cm³/mol. The molecule has 0 fully saturated rings. The number of rotatable bonds is 4. The van der Waals surface area contributed by atoms with E-state index in [0.29, 0.717) is 22.0 Å². The molecule has 6 heteroatoms. The van der Waals surface area contributed by atoms with Gasteiger partial charge in [0.15, 0.2) is 0 Å². The summed E-state index contributed by atoms with van der Waals surface area (Å²) in [6.07, 6.45) is 1.62. The van der Waals surface area contributed by atoms with Gasteiger partial charge in [-0.05, 0) is 41.3 Å². The fourth-order valence-electron chi connectivity index (χ4n) is 3.34. The lowest BCUT2D eigenvalue weighted by Crippen LogP contribution is -2.28. The van der Waals surface area contributed by atoms with Crippen molar-refractivity contribution in [2.45, 2.75) is 6.54 Å². The van der Waals surface area contributed by atoms with Crippen LogP contribution in [-0.4, -0.2) is 20.6 Å². The Morgan fingerprint density at radius 2 is 1.75 bits per heavy atom. The zero-order chi connectivity index (χ0) is 19.7. The van der Waals surface area contributed by atoms with Crippen LogP contribution < -0.4 is 5.56 Å². The topological polar surface area (TPSA) is 72.2 Å². The summed E-state index contributed by atoms with van der Waals surface area (Å²) in [4.78, 5) is 29.8. The minimum atomic E-state index is -1.16. The lowest BCUT2D eigenvalue weighted by molar-refractivity contribution is 0.0685. The number of carboxylic acid groups (broad SMARTS) is 1. The molecule has 0 bridgehead atoms. The molecule has 0 unspecified atom stereocenters. The van der Waals surface area contributed by atoms with E-state index >= 15 is 0 Å². The average molecular weight is 435 g/mol. The molecule has 5 nitrogen and oxygen atoms in total. The number of aromatic carboxylic acids is 1. The van der Waals surface area contributed by atoms with Gasteiger partial charge in [0.1, 0.15) is 5.69 Å². The van der Waals surface area contributed by atoms with Crippen molar-refractivity contribution in [3.63, 3.8) is 0 Å². The first-order chi connectivity index (χ1) is 13.6. The predicted octanol–water partition coefficient (Wildman–Crippen LogP) is 4.57. The van der Waals surface area contributed by atoms with Gasteiger partial charge in [-0.1, -0.05) is 52.3 Å². The van der Waals surface area contributed by atoms with Gasteiger partial charge >= 0.3 is 5.97 Å². The smallest absolute Gasteiger partial charge is 0.353 e. The maximum absolute atomic E-state index is 13.2. The van der Waals surface area contributed by atoms with E-state index < -0.39 is 5.97 Å². The van der Waals surface area contributed by atoms with E-state index in [2.05, 4.69) is 20.9 Å². The molecular formula is C22H15BrN2O3. The first-order valence-corrected chi connectivity index (χ1v) is 9.40. The molecule has 0 aliphatic rings. The van der Waals surface area contributed by atoms with E-state index in [0.717, 1.165) is 10.0 Å². The molecule has 4 rings (SSSR count). The quantitative estimate of drug-likeness (QED) is 0.510. The lowest BCUT2D eigenvalue weighted by Gasteiger charge is -2.17. The van der Waals surface area contributed by atoms with Crippen LogP contribution in [-0.2, 0) is 6.54 Å². The SMILES string of the molecule is O=C(O)c1c(-c2ccccc2)c2cc(Br)ccc2c(=O)n1Cc1ccccn1. The molecule has 138 valence electrons. The molecule has 0 saturated heterocycles. The zero-order valence-corrected chi connectivity index (χ0v) is 16.3. The van der Waals surface area contributed by atoms with Crippen molar-refractivity contribution in [2.24, 2.45) is 0 Å². The van der Waals surface area contributed by atoms with E-state index in [9.17, 15) is 14.7 Å². The normalized spacial score (nSPS) is 10.9. The third kappa shape index (κ3) is 3.23. The lowest BCUT2D eigenvalue weighted by atomic mass is 9.96. The summed E-state index contributed by atoms with van der Waals surface area (Å²) in [6.45, 7) is 0.0765. The molecule has 0 amide bonds.